The first-order valence-corrected chi connectivity index (χ1v) is 6.82. The predicted molar refractivity (Wildman–Crippen MR) is 75.5 cm³/mol. The standard InChI is InChI=1S/C15H19NS/c1-11-5-4-6-14(9-11)10-16-13(3)15-8-7-12(2)17-15/h4-9,13,16H,10H2,1-3H3. The Morgan fingerprint density at radius 1 is 1.18 bits per heavy atom. The summed E-state index contributed by atoms with van der Waals surface area (Å²) in [5.74, 6) is 0. The Balaban J connectivity index is 1.94. The monoisotopic (exact) mass is 245 g/mol. The SMILES string of the molecule is Cc1cccc(CNC(C)c2ccc(C)s2)c1. The fourth-order valence-corrected chi connectivity index (χ4v) is 2.78. The van der Waals surface area contributed by atoms with Gasteiger partial charge in [-0.15, -0.1) is 11.3 Å². The van der Waals surface area contributed by atoms with Crippen molar-refractivity contribution in [3.8, 4) is 0 Å². The zero-order chi connectivity index (χ0) is 12.3. The Morgan fingerprint density at radius 3 is 2.65 bits per heavy atom. The molecule has 0 saturated heterocycles. The van der Waals surface area contributed by atoms with Crippen molar-refractivity contribution >= 4 is 11.3 Å². The maximum Gasteiger partial charge on any atom is 0.0388 e. The zero-order valence-electron chi connectivity index (χ0n) is 10.7. The number of hydrogen-bond acceptors (Lipinski definition) is 2. The van der Waals surface area contributed by atoms with Gasteiger partial charge in [0.15, 0.2) is 0 Å². The molecule has 0 radical (unpaired) electrons. The molecule has 1 atom stereocenters. The van der Waals surface area contributed by atoms with Crippen molar-refractivity contribution in [3.05, 3.63) is 57.3 Å². The van der Waals surface area contributed by atoms with Crippen LogP contribution in [0.25, 0.3) is 0 Å². The quantitative estimate of drug-likeness (QED) is 0.850. The second-order valence-corrected chi connectivity index (χ2v) is 5.86. The van der Waals surface area contributed by atoms with E-state index in [1.54, 1.807) is 0 Å². The summed E-state index contributed by atoms with van der Waals surface area (Å²) in [6.45, 7) is 7.44. The molecule has 0 fully saturated rings. The Labute approximate surface area is 108 Å². The summed E-state index contributed by atoms with van der Waals surface area (Å²) in [7, 11) is 0. The average molecular weight is 245 g/mol. The molecule has 2 heteroatoms. The Kier molecular flexibility index (Phi) is 3.97. The Hall–Kier alpha value is -1.12. The topological polar surface area (TPSA) is 12.0 Å². The lowest BCUT2D eigenvalue weighted by Gasteiger charge is -2.12. The van der Waals surface area contributed by atoms with Crippen LogP contribution < -0.4 is 5.32 Å². The first-order valence-electron chi connectivity index (χ1n) is 6.00. The van der Waals surface area contributed by atoms with E-state index in [9.17, 15) is 0 Å². The zero-order valence-corrected chi connectivity index (χ0v) is 11.5. The van der Waals surface area contributed by atoms with Crippen molar-refractivity contribution in [2.45, 2.75) is 33.4 Å². The van der Waals surface area contributed by atoms with Gasteiger partial charge in [-0.05, 0) is 38.5 Å². The molecule has 0 amide bonds. The Morgan fingerprint density at radius 2 is 2.00 bits per heavy atom. The molecule has 0 aliphatic carbocycles. The summed E-state index contributed by atoms with van der Waals surface area (Å²) < 4.78 is 0. The van der Waals surface area contributed by atoms with E-state index in [4.69, 9.17) is 0 Å². The third-order valence-corrected chi connectivity index (χ3v) is 4.07. The van der Waals surface area contributed by atoms with Crippen LogP contribution in [0.3, 0.4) is 0 Å². The number of thiophene rings is 1. The second kappa shape index (κ2) is 5.48. The third-order valence-electron chi connectivity index (χ3n) is 2.88. The molecule has 1 aromatic heterocycles. The molecule has 2 aromatic rings. The minimum Gasteiger partial charge on any atom is -0.305 e. The van der Waals surface area contributed by atoms with E-state index >= 15 is 0 Å². The van der Waals surface area contributed by atoms with E-state index in [-0.39, 0.29) is 0 Å². The molecule has 1 unspecified atom stereocenters. The van der Waals surface area contributed by atoms with E-state index in [1.165, 1.54) is 20.9 Å². The summed E-state index contributed by atoms with van der Waals surface area (Å²) in [5, 5.41) is 3.57. The molecule has 0 saturated carbocycles. The lowest BCUT2D eigenvalue weighted by molar-refractivity contribution is 0.583. The normalized spacial score (nSPS) is 12.6. The summed E-state index contributed by atoms with van der Waals surface area (Å²) in [5.41, 5.74) is 2.68. The lowest BCUT2D eigenvalue weighted by Crippen LogP contribution is -2.17. The van der Waals surface area contributed by atoms with Crippen LogP contribution in [0.1, 0.15) is 33.8 Å². The van der Waals surface area contributed by atoms with Gasteiger partial charge in [-0.2, -0.15) is 0 Å². The van der Waals surface area contributed by atoms with Crippen LogP contribution in [-0.4, -0.2) is 0 Å². The van der Waals surface area contributed by atoms with Gasteiger partial charge in [0.1, 0.15) is 0 Å². The van der Waals surface area contributed by atoms with Crippen molar-refractivity contribution in [2.75, 3.05) is 0 Å². The molecular weight excluding hydrogens is 226 g/mol. The van der Waals surface area contributed by atoms with Gasteiger partial charge >= 0.3 is 0 Å². The van der Waals surface area contributed by atoms with Gasteiger partial charge < -0.3 is 5.32 Å². The fourth-order valence-electron chi connectivity index (χ4n) is 1.88. The summed E-state index contributed by atoms with van der Waals surface area (Å²) in [4.78, 5) is 2.79. The van der Waals surface area contributed by atoms with Gasteiger partial charge in [0.25, 0.3) is 0 Å². The minimum atomic E-state index is 0.425. The highest BCUT2D eigenvalue weighted by atomic mass is 32.1. The maximum atomic E-state index is 3.57. The maximum absolute atomic E-state index is 3.57. The van der Waals surface area contributed by atoms with E-state index in [0.717, 1.165) is 6.54 Å². The van der Waals surface area contributed by atoms with E-state index in [0.29, 0.717) is 6.04 Å². The van der Waals surface area contributed by atoms with Crippen LogP contribution in [0, 0.1) is 13.8 Å². The highest BCUT2D eigenvalue weighted by Gasteiger charge is 2.06. The van der Waals surface area contributed by atoms with Crippen LogP contribution in [-0.2, 0) is 6.54 Å². The molecule has 1 N–H and O–H groups in total. The third kappa shape index (κ3) is 3.42. The van der Waals surface area contributed by atoms with Crippen LogP contribution in [0.5, 0.6) is 0 Å². The second-order valence-electron chi connectivity index (χ2n) is 4.54. The number of hydrogen-bond donors (Lipinski definition) is 1. The molecule has 0 aliphatic rings. The van der Waals surface area contributed by atoms with Crippen molar-refractivity contribution in [1.29, 1.82) is 0 Å². The molecule has 0 aliphatic heterocycles. The molecule has 1 heterocycles. The number of rotatable bonds is 4. The van der Waals surface area contributed by atoms with Gasteiger partial charge in [-0.25, -0.2) is 0 Å². The largest absolute Gasteiger partial charge is 0.305 e. The molecular formula is C15H19NS. The molecule has 1 nitrogen and oxygen atoms in total. The van der Waals surface area contributed by atoms with E-state index in [1.807, 2.05) is 11.3 Å². The predicted octanol–water partition coefficient (Wildman–Crippen LogP) is 4.22. The number of benzene rings is 1. The summed E-state index contributed by atoms with van der Waals surface area (Å²) in [6.07, 6.45) is 0. The van der Waals surface area contributed by atoms with Crippen LogP contribution in [0.4, 0.5) is 0 Å². The first kappa shape index (κ1) is 12.3. The van der Waals surface area contributed by atoms with Crippen molar-refractivity contribution < 1.29 is 0 Å². The average Bonchev–Trinajstić information content (AvgIpc) is 2.73. The number of aryl methyl sites for hydroxylation is 2. The van der Waals surface area contributed by atoms with Crippen LogP contribution >= 0.6 is 11.3 Å². The number of nitrogens with one attached hydrogen (secondary N) is 1. The Bertz CT molecular complexity index is 487. The fraction of sp³-hybridized carbons (Fsp3) is 0.333. The van der Waals surface area contributed by atoms with Gasteiger partial charge in [0.2, 0.25) is 0 Å². The molecule has 2 rings (SSSR count). The van der Waals surface area contributed by atoms with Gasteiger partial charge in [0.05, 0.1) is 0 Å². The molecule has 17 heavy (non-hydrogen) atoms. The van der Waals surface area contributed by atoms with Crippen molar-refractivity contribution in [2.24, 2.45) is 0 Å². The summed E-state index contributed by atoms with van der Waals surface area (Å²) >= 11 is 1.87. The smallest absolute Gasteiger partial charge is 0.0388 e. The van der Waals surface area contributed by atoms with Crippen molar-refractivity contribution in [3.63, 3.8) is 0 Å². The van der Waals surface area contributed by atoms with Crippen LogP contribution in [0.15, 0.2) is 36.4 Å². The molecule has 0 spiro atoms. The van der Waals surface area contributed by atoms with Gasteiger partial charge in [0, 0.05) is 22.3 Å². The summed E-state index contributed by atoms with van der Waals surface area (Å²) in [6, 6.07) is 13.5. The highest BCUT2D eigenvalue weighted by Crippen LogP contribution is 2.22. The molecule has 1 aromatic carbocycles. The van der Waals surface area contributed by atoms with E-state index in [2.05, 4.69) is 62.5 Å². The molecule has 0 bridgehead atoms. The highest BCUT2D eigenvalue weighted by molar-refractivity contribution is 7.12. The minimum absolute atomic E-state index is 0.425. The first-order chi connectivity index (χ1) is 8.15. The van der Waals surface area contributed by atoms with Crippen molar-refractivity contribution in [1.82, 2.24) is 5.32 Å². The van der Waals surface area contributed by atoms with Crippen LogP contribution in [0.2, 0.25) is 0 Å². The molecule has 90 valence electrons. The van der Waals surface area contributed by atoms with E-state index < -0.39 is 0 Å². The van der Waals surface area contributed by atoms with Gasteiger partial charge in [-0.1, -0.05) is 29.8 Å². The van der Waals surface area contributed by atoms with Gasteiger partial charge in [-0.3, -0.25) is 0 Å². The lowest BCUT2D eigenvalue weighted by atomic mass is 10.1.